The van der Waals surface area contributed by atoms with E-state index in [-0.39, 0.29) is 0 Å². The van der Waals surface area contributed by atoms with Gasteiger partial charge in [-0.1, -0.05) is 233 Å². The van der Waals surface area contributed by atoms with Gasteiger partial charge in [-0.25, -0.2) is 0 Å². The van der Waals surface area contributed by atoms with Crippen LogP contribution >= 0.6 is 0 Å². The number of hydrogen-bond donors (Lipinski definition) is 0. The van der Waals surface area contributed by atoms with Crippen molar-refractivity contribution in [3.8, 4) is 0 Å². The van der Waals surface area contributed by atoms with Gasteiger partial charge in [0.15, 0.2) is 0 Å². The van der Waals surface area contributed by atoms with Crippen LogP contribution in [0.1, 0.15) is 233 Å². The minimum absolute atomic E-state index is 0.967. The van der Waals surface area contributed by atoms with E-state index >= 15 is 0 Å². The van der Waals surface area contributed by atoms with E-state index in [0.29, 0.717) is 0 Å². The Bertz CT molecular complexity index is 372. The van der Waals surface area contributed by atoms with Gasteiger partial charge in [0, 0.05) is 0 Å². The summed E-state index contributed by atoms with van der Waals surface area (Å²) in [6, 6.07) is 0. The third-order valence-electron chi connectivity index (χ3n) is 8.85. The Morgan fingerprint density at radius 1 is 0.243 bits per heavy atom. The lowest BCUT2D eigenvalue weighted by Gasteiger charge is -2.11. The van der Waals surface area contributed by atoms with Crippen LogP contribution < -0.4 is 0 Å². The molecule has 0 aromatic heterocycles. The molecule has 0 radical (unpaired) electrons. The molecular formula is C37H76. The highest BCUT2D eigenvalue weighted by Crippen LogP contribution is 2.19. The van der Waals surface area contributed by atoms with E-state index in [1.54, 1.807) is 0 Å². The molecule has 0 heterocycles. The van der Waals surface area contributed by atoms with Gasteiger partial charge in [0.1, 0.15) is 0 Å². The first-order valence-electron chi connectivity index (χ1n) is 18.3. The van der Waals surface area contributed by atoms with Gasteiger partial charge in [0.2, 0.25) is 0 Å². The summed E-state index contributed by atoms with van der Waals surface area (Å²) in [6.07, 6.45) is 48.7. The van der Waals surface area contributed by atoms with Crippen LogP contribution in [-0.2, 0) is 0 Å². The van der Waals surface area contributed by atoms with Crippen molar-refractivity contribution >= 4 is 0 Å². The fourth-order valence-corrected chi connectivity index (χ4v) is 6.05. The molecule has 0 saturated carbocycles. The van der Waals surface area contributed by atoms with E-state index in [0.717, 1.165) is 5.92 Å². The molecule has 0 fully saturated rings. The summed E-state index contributed by atoms with van der Waals surface area (Å²) in [4.78, 5) is 0. The second-order valence-corrected chi connectivity index (χ2v) is 12.9. The van der Waals surface area contributed by atoms with E-state index < -0.39 is 0 Å². The van der Waals surface area contributed by atoms with E-state index in [1.165, 1.54) is 212 Å². The van der Waals surface area contributed by atoms with Gasteiger partial charge < -0.3 is 0 Å². The standard InChI is InChI=1S/C37H76/c1-4-6-8-10-12-14-16-17-18-19-20-21-22-23-24-26-28-30-32-34-36-37(3)35-33-31-29-27-25-15-13-11-9-7-5-2/h37H,4-36H2,1-3H3. The summed E-state index contributed by atoms with van der Waals surface area (Å²) in [7, 11) is 0. The second-order valence-electron chi connectivity index (χ2n) is 12.9. The van der Waals surface area contributed by atoms with Crippen molar-refractivity contribution in [3.05, 3.63) is 0 Å². The van der Waals surface area contributed by atoms with E-state index in [1.807, 2.05) is 0 Å². The first-order valence-corrected chi connectivity index (χ1v) is 18.3. The highest BCUT2D eigenvalue weighted by molar-refractivity contribution is 4.56. The summed E-state index contributed by atoms with van der Waals surface area (Å²) in [5.74, 6) is 0.967. The highest BCUT2D eigenvalue weighted by atomic mass is 14.1. The van der Waals surface area contributed by atoms with Gasteiger partial charge in [0.05, 0.1) is 0 Å². The molecule has 0 amide bonds. The molecule has 1 atom stereocenters. The fourth-order valence-electron chi connectivity index (χ4n) is 6.05. The molecule has 37 heavy (non-hydrogen) atoms. The van der Waals surface area contributed by atoms with Crippen molar-refractivity contribution in [1.29, 1.82) is 0 Å². The Morgan fingerprint density at radius 3 is 0.595 bits per heavy atom. The zero-order valence-corrected chi connectivity index (χ0v) is 26.9. The maximum atomic E-state index is 2.51. The number of hydrogen-bond acceptors (Lipinski definition) is 0. The van der Waals surface area contributed by atoms with Crippen molar-refractivity contribution in [2.24, 2.45) is 5.92 Å². The summed E-state index contributed by atoms with van der Waals surface area (Å²) >= 11 is 0. The lowest BCUT2D eigenvalue weighted by molar-refractivity contribution is 0.429. The molecule has 0 aromatic carbocycles. The van der Waals surface area contributed by atoms with Crippen LogP contribution in [0.3, 0.4) is 0 Å². The van der Waals surface area contributed by atoms with Crippen LogP contribution in [0.5, 0.6) is 0 Å². The van der Waals surface area contributed by atoms with Crippen LogP contribution in [0.4, 0.5) is 0 Å². The van der Waals surface area contributed by atoms with Crippen molar-refractivity contribution < 1.29 is 0 Å². The quantitative estimate of drug-likeness (QED) is 0.0754. The minimum Gasteiger partial charge on any atom is -0.0654 e. The number of rotatable bonds is 33. The van der Waals surface area contributed by atoms with Gasteiger partial charge >= 0.3 is 0 Å². The maximum absolute atomic E-state index is 2.51. The van der Waals surface area contributed by atoms with E-state index in [9.17, 15) is 0 Å². The SMILES string of the molecule is CCCCCCCCCCCCCCCCCCCCCCC(C)CCCCCCCCCCCCC. The first-order chi connectivity index (χ1) is 18.3. The normalized spacial score (nSPS) is 12.4. The molecule has 1 unspecified atom stereocenters. The van der Waals surface area contributed by atoms with Crippen LogP contribution in [0.15, 0.2) is 0 Å². The molecule has 0 aromatic rings. The molecule has 0 heteroatoms. The summed E-state index contributed by atoms with van der Waals surface area (Å²) in [6.45, 7) is 7.12. The Hall–Kier alpha value is 0. The van der Waals surface area contributed by atoms with Gasteiger partial charge in [-0.3, -0.25) is 0 Å². The minimum atomic E-state index is 0.967. The van der Waals surface area contributed by atoms with Gasteiger partial charge in [-0.2, -0.15) is 0 Å². The molecule has 0 spiro atoms. The third-order valence-corrected chi connectivity index (χ3v) is 8.85. The van der Waals surface area contributed by atoms with Crippen LogP contribution in [0.2, 0.25) is 0 Å². The van der Waals surface area contributed by atoms with Crippen LogP contribution in [0, 0.1) is 5.92 Å². The molecule has 0 nitrogen and oxygen atoms in total. The predicted molar refractivity (Wildman–Crippen MR) is 173 cm³/mol. The average Bonchev–Trinajstić information content (AvgIpc) is 2.90. The average molecular weight is 521 g/mol. The summed E-state index contributed by atoms with van der Waals surface area (Å²) in [5, 5.41) is 0. The Kier molecular flexibility index (Phi) is 34.0. The van der Waals surface area contributed by atoms with E-state index in [2.05, 4.69) is 20.8 Å². The lowest BCUT2D eigenvalue weighted by atomic mass is 9.95. The first kappa shape index (κ1) is 37.0. The molecule has 0 aliphatic heterocycles. The maximum Gasteiger partial charge on any atom is -0.0443 e. The predicted octanol–water partition coefficient (Wildman–Crippen LogP) is 14.5. The fraction of sp³-hybridized carbons (Fsp3) is 1.00. The van der Waals surface area contributed by atoms with Crippen molar-refractivity contribution in [1.82, 2.24) is 0 Å². The molecule has 0 aliphatic carbocycles. The smallest absolute Gasteiger partial charge is 0.0443 e. The third kappa shape index (κ3) is 34.0. The van der Waals surface area contributed by atoms with Crippen molar-refractivity contribution in [2.75, 3.05) is 0 Å². The summed E-state index contributed by atoms with van der Waals surface area (Å²) < 4.78 is 0. The van der Waals surface area contributed by atoms with Crippen LogP contribution in [-0.4, -0.2) is 0 Å². The molecule has 0 saturated heterocycles. The topological polar surface area (TPSA) is 0 Å². The van der Waals surface area contributed by atoms with Gasteiger partial charge in [0.25, 0.3) is 0 Å². The molecule has 0 N–H and O–H groups in total. The van der Waals surface area contributed by atoms with E-state index in [4.69, 9.17) is 0 Å². The molecule has 224 valence electrons. The Balaban J connectivity index is 3.12. The van der Waals surface area contributed by atoms with Gasteiger partial charge in [-0.15, -0.1) is 0 Å². The largest absolute Gasteiger partial charge is 0.0654 e. The highest BCUT2D eigenvalue weighted by Gasteiger charge is 2.02. The molecule has 0 aliphatic rings. The molecular weight excluding hydrogens is 444 g/mol. The molecule has 0 rings (SSSR count). The summed E-state index contributed by atoms with van der Waals surface area (Å²) in [5.41, 5.74) is 0. The second kappa shape index (κ2) is 34.0. The van der Waals surface area contributed by atoms with Crippen LogP contribution in [0.25, 0.3) is 0 Å². The van der Waals surface area contributed by atoms with Crippen molar-refractivity contribution in [2.45, 2.75) is 233 Å². The Morgan fingerprint density at radius 2 is 0.405 bits per heavy atom. The monoisotopic (exact) mass is 521 g/mol. The van der Waals surface area contributed by atoms with Gasteiger partial charge in [-0.05, 0) is 5.92 Å². The number of unbranched alkanes of at least 4 members (excludes halogenated alkanes) is 29. The zero-order chi connectivity index (χ0) is 26.9. The molecule has 0 bridgehead atoms. The van der Waals surface area contributed by atoms with Crippen molar-refractivity contribution in [3.63, 3.8) is 0 Å². The Labute approximate surface area is 238 Å². The lowest BCUT2D eigenvalue weighted by Crippen LogP contribution is -1.95. The zero-order valence-electron chi connectivity index (χ0n) is 26.9.